The number of nitrogens with zero attached hydrogens (tertiary/aromatic N) is 1. The smallest absolute Gasteiger partial charge is 0.0678 e. The van der Waals surface area contributed by atoms with E-state index in [1.807, 2.05) is 26.1 Å². The van der Waals surface area contributed by atoms with Crippen LogP contribution >= 0.6 is 0 Å². The van der Waals surface area contributed by atoms with Gasteiger partial charge in [0.05, 0.1) is 5.69 Å². The van der Waals surface area contributed by atoms with Crippen LogP contribution in [0.1, 0.15) is 19.5 Å². The minimum Gasteiger partial charge on any atom is -0.285 e. The third-order valence-corrected chi connectivity index (χ3v) is 1.19. The second-order valence-corrected chi connectivity index (χ2v) is 2.84. The van der Waals surface area contributed by atoms with Crippen molar-refractivity contribution in [3.63, 3.8) is 0 Å². The largest absolute Gasteiger partial charge is 0.285 e. The summed E-state index contributed by atoms with van der Waals surface area (Å²) < 4.78 is 0. The van der Waals surface area contributed by atoms with Crippen LogP contribution in [-0.2, 0) is 5.41 Å². The minimum absolute atomic E-state index is 0.0694. The minimum atomic E-state index is -0.0694. The van der Waals surface area contributed by atoms with Crippen molar-refractivity contribution >= 4 is 0 Å². The number of aromatic amines is 1. The van der Waals surface area contributed by atoms with Crippen LogP contribution in [0, 0.1) is 6.92 Å². The molecule has 1 heterocycles. The Labute approximate surface area is 55.3 Å². The van der Waals surface area contributed by atoms with E-state index < -0.39 is 0 Å². The SMILES string of the molecule is [CH2]C(C)(C)c1cc[nH]n1. The van der Waals surface area contributed by atoms with E-state index in [1.54, 1.807) is 0 Å². The van der Waals surface area contributed by atoms with Gasteiger partial charge in [0.25, 0.3) is 0 Å². The fraction of sp³-hybridized carbons (Fsp3) is 0.429. The first-order chi connectivity index (χ1) is 4.11. The summed E-state index contributed by atoms with van der Waals surface area (Å²) in [5, 5.41) is 6.75. The molecule has 1 N–H and O–H groups in total. The third-order valence-electron chi connectivity index (χ3n) is 1.19. The van der Waals surface area contributed by atoms with Crippen molar-refractivity contribution in [3.05, 3.63) is 24.9 Å². The van der Waals surface area contributed by atoms with E-state index in [1.165, 1.54) is 0 Å². The predicted octanol–water partition coefficient (Wildman–Crippen LogP) is 1.52. The van der Waals surface area contributed by atoms with E-state index in [-0.39, 0.29) is 5.41 Å². The van der Waals surface area contributed by atoms with Crippen LogP contribution in [0.5, 0.6) is 0 Å². The molecule has 1 aromatic rings. The monoisotopic (exact) mass is 123 g/mol. The lowest BCUT2D eigenvalue weighted by Crippen LogP contribution is -2.11. The number of aromatic nitrogens is 2. The first-order valence-corrected chi connectivity index (χ1v) is 2.96. The molecule has 0 fully saturated rings. The third kappa shape index (κ3) is 1.31. The molecule has 49 valence electrons. The Morgan fingerprint density at radius 2 is 2.33 bits per heavy atom. The van der Waals surface area contributed by atoms with E-state index >= 15 is 0 Å². The molecule has 1 aromatic heterocycles. The highest BCUT2D eigenvalue weighted by atomic mass is 15.1. The van der Waals surface area contributed by atoms with E-state index in [0.717, 1.165) is 5.69 Å². The predicted molar refractivity (Wildman–Crippen MR) is 37.0 cm³/mol. The molecule has 0 aromatic carbocycles. The number of hydrogen-bond acceptors (Lipinski definition) is 1. The Hall–Kier alpha value is -0.790. The van der Waals surface area contributed by atoms with Crippen molar-refractivity contribution < 1.29 is 0 Å². The zero-order valence-electron chi connectivity index (χ0n) is 5.81. The molecule has 0 amide bonds. The topological polar surface area (TPSA) is 28.7 Å². The van der Waals surface area contributed by atoms with Gasteiger partial charge in [-0.05, 0) is 13.0 Å². The molecule has 0 aliphatic carbocycles. The Morgan fingerprint density at radius 3 is 2.56 bits per heavy atom. The Bertz CT molecular complexity index is 169. The van der Waals surface area contributed by atoms with Crippen LogP contribution in [0.3, 0.4) is 0 Å². The summed E-state index contributed by atoms with van der Waals surface area (Å²) >= 11 is 0. The van der Waals surface area contributed by atoms with Crippen molar-refractivity contribution in [1.82, 2.24) is 10.2 Å². The van der Waals surface area contributed by atoms with Gasteiger partial charge in [-0.15, -0.1) is 0 Å². The van der Waals surface area contributed by atoms with Crippen molar-refractivity contribution in [2.75, 3.05) is 0 Å². The Balaban J connectivity index is 2.90. The molecule has 0 saturated carbocycles. The molecule has 0 aliphatic rings. The second-order valence-electron chi connectivity index (χ2n) is 2.84. The van der Waals surface area contributed by atoms with E-state index in [4.69, 9.17) is 0 Å². The number of nitrogens with one attached hydrogen (secondary N) is 1. The maximum atomic E-state index is 4.00. The number of hydrogen-bond donors (Lipinski definition) is 1. The Morgan fingerprint density at radius 1 is 1.67 bits per heavy atom. The van der Waals surface area contributed by atoms with Gasteiger partial charge >= 0.3 is 0 Å². The average Bonchev–Trinajstić information content (AvgIpc) is 2.08. The van der Waals surface area contributed by atoms with E-state index in [9.17, 15) is 0 Å². The molecule has 1 radical (unpaired) electrons. The van der Waals surface area contributed by atoms with Crippen molar-refractivity contribution in [2.45, 2.75) is 19.3 Å². The van der Waals surface area contributed by atoms with Crippen LogP contribution in [-0.4, -0.2) is 10.2 Å². The molecule has 2 heteroatoms. The lowest BCUT2D eigenvalue weighted by atomic mass is 9.93. The zero-order valence-corrected chi connectivity index (χ0v) is 5.81. The first kappa shape index (κ1) is 6.33. The average molecular weight is 123 g/mol. The summed E-state index contributed by atoms with van der Waals surface area (Å²) in [6, 6.07) is 1.94. The molecule has 0 unspecified atom stereocenters. The molecule has 9 heavy (non-hydrogen) atoms. The molecule has 1 rings (SSSR count). The Kier molecular flexibility index (Phi) is 1.31. The van der Waals surface area contributed by atoms with E-state index in [2.05, 4.69) is 17.1 Å². The van der Waals surface area contributed by atoms with Crippen molar-refractivity contribution in [2.24, 2.45) is 0 Å². The normalized spacial score (nSPS) is 11.9. The number of rotatable bonds is 1. The molecular formula is C7H11N2. The highest BCUT2D eigenvalue weighted by molar-refractivity contribution is 5.12. The summed E-state index contributed by atoms with van der Waals surface area (Å²) in [5.74, 6) is 0. The maximum Gasteiger partial charge on any atom is 0.0678 e. The van der Waals surface area contributed by atoms with Gasteiger partial charge < -0.3 is 0 Å². The van der Waals surface area contributed by atoms with Gasteiger partial charge in [0.15, 0.2) is 0 Å². The van der Waals surface area contributed by atoms with Gasteiger partial charge in [-0.1, -0.05) is 13.8 Å². The maximum absolute atomic E-state index is 4.00. The molecule has 0 spiro atoms. The summed E-state index contributed by atoms with van der Waals surface area (Å²) in [5.41, 5.74) is 0.933. The summed E-state index contributed by atoms with van der Waals surface area (Å²) in [6.45, 7) is 7.99. The first-order valence-electron chi connectivity index (χ1n) is 2.96. The van der Waals surface area contributed by atoms with Crippen LogP contribution in [0.25, 0.3) is 0 Å². The summed E-state index contributed by atoms with van der Waals surface area (Å²) in [7, 11) is 0. The molecule has 0 bridgehead atoms. The van der Waals surface area contributed by atoms with Gasteiger partial charge in [-0.25, -0.2) is 0 Å². The lowest BCUT2D eigenvalue weighted by molar-refractivity contribution is 0.635. The fourth-order valence-electron chi connectivity index (χ4n) is 0.637. The number of H-pyrrole nitrogens is 1. The molecule has 2 nitrogen and oxygen atoms in total. The van der Waals surface area contributed by atoms with Crippen molar-refractivity contribution in [1.29, 1.82) is 0 Å². The van der Waals surface area contributed by atoms with Crippen LogP contribution < -0.4 is 0 Å². The lowest BCUT2D eigenvalue weighted by Gasteiger charge is -2.13. The van der Waals surface area contributed by atoms with Crippen LogP contribution in [0.2, 0.25) is 0 Å². The second kappa shape index (κ2) is 1.87. The molecule has 0 saturated heterocycles. The van der Waals surface area contributed by atoms with Crippen molar-refractivity contribution in [3.8, 4) is 0 Å². The van der Waals surface area contributed by atoms with Gasteiger partial charge in [-0.2, -0.15) is 5.10 Å². The van der Waals surface area contributed by atoms with Gasteiger partial charge in [0.2, 0.25) is 0 Å². The highest BCUT2D eigenvalue weighted by Crippen LogP contribution is 2.17. The van der Waals surface area contributed by atoms with Crippen LogP contribution in [0.15, 0.2) is 12.3 Å². The zero-order chi connectivity index (χ0) is 6.91. The van der Waals surface area contributed by atoms with Gasteiger partial charge in [0.1, 0.15) is 0 Å². The summed E-state index contributed by atoms with van der Waals surface area (Å²) in [6.07, 6.45) is 1.81. The van der Waals surface area contributed by atoms with Gasteiger partial charge in [0, 0.05) is 11.6 Å². The van der Waals surface area contributed by atoms with Crippen LogP contribution in [0.4, 0.5) is 0 Å². The standard InChI is InChI=1S/C7H11N2/c1-7(2,3)6-4-5-8-9-6/h4-5H,1H2,2-3H3,(H,8,9). The fourth-order valence-corrected chi connectivity index (χ4v) is 0.637. The summed E-state index contributed by atoms with van der Waals surface area (Å²) in [4.78, 5) is 0. The van der Waals surface area contributed by atoms with Gasteiger partial charge in [-0.3, -0.25) is 5.10 Å². The highest BCUT2D eigenvalue weighted by Gasteiger charge is 2.14. The molecular weight excluding hydrogens is 112 g/mol. The molecule has 0 aliphatic heterocycles. The van der Waals surface area contributed by atoms with E-state index in [0.29, 0.717) is 0 Å². The quantitative estimate of drug-likeness (QED) is 0.602. The molecule has 0 atom stereocenters.